The van der Waals surface area contributed by atoms with Crippen LogP contribution in [-0.2, 0) is 14.3 Å². The van der Waals surface area contributed by atoms with Gasteiger partial charge in [0.15, 0.2) is 0 Å². The van der Waals surface area contributed by atoms with E-state index in [4.69, 9.17) is 16.3 Å². The number of benzene rings is 5. The molecule has 3 N–H and O–H groups in total. The average molecular weight is 676 g/mol. The number of halogens is 1. The van der Waals surface area contributed by atoms with Gasteiger partial charge in [-0.25, -0.2) is 4.79 Å². The van der Waals surface area contributed by atoms with Gasteiger partial charge >= 0.3 is 5.97 Å². The molecular formula is C38H30ClN3O5S. The highest BCUT2D eigenvalue weighted by Crippen LogP contribution is 2.37. The van der Waals surface area contributed by atoms with Crippen molar-refractivity contribution < 1.29 is 23.9 Å². The molecule has 240 valence electrons. The standard InChI is InChI=1S/C38H30ClN3O5S/c1-47-38(46)31-20-8-9-21-32(31)41-37(45)34(26-13-4-2-5-14-26)48-30-19-11-18-29(24-30)40-36(44)33(23-25-12-10-17-28(39)22-25)42-35(43)27-15-6-3-7-16-27/h2-24,34H,1H3,(H,40,44)(H,41,45)(H,42,43)/b33-23+. The number of hydrogen-bond acceptors (Lipinski definition) is 6. The Morgan fingerprint density at radius 2 is 1.44 bits per heavy atom. The molecule has 0 fully saturated rings. The molecule has 5 aromatic carbocycles. The lowest BCUT2D eigenvalue weighted by atomic mass is 10.1. The van der Waals surface area contributed by atoms with Crippen molar-refractivity contribution in [2.24, 2.45) is 0 Å². The van der Waals surface area contributed by atoms with Crippen LogP contribution in [0.1, 0.15) is 37.1 Å². The monoisotopic (exact) mass is 675 g/mol. The average Bonchev–Trinajstić information content (AvgIpc) is 3.11. The molecule has 8 nitrogen and oxygen atoms in total. The lowest BCUT2D eigenvalue weighted by Crippen LogP contribution is -2.30. The number of hydrogen-bond donors (Lipinski definition) is 3. The smallest absolute Gasteiger partial charge is 0.339 e. The van der Waals surface area contributed by atoms with Crippen LogP contribution in [0.15, 0.2) is 144 Å². The van der Waals surface area contributed by atoms with Crippen LogP contribution < -0.4 is 16.0 Å². The van der Waals surface area contributed by atoms with Crippen LogP contribution >= 0.6 is 23.4 Å². The number of rotatable bonds is 11. The molecule has 10 heteroatoms. The molecule has 48 heavy (non-hydrogen) atoms. The van der Waals surface area contributed by atoms with E-state index in [2.05, 4.69) is 16.0 Å². The van der Waals surface area contributed by atoms with Gasteiger partial charge in [-0.2, -0.15) is 0 Å². The van der Waals surface area contributed by atoms with Crippen molar-refractivity contribution in [2.75, 3.05) is 17.7 Å². The Labute approximate surface area is 287 Å². The van der Waals surface area contributed by atoms with Gasteiger partial charge < -0.3 is 20.7 Å². The molecule has 0 saturated heterocycles. The van der Waals surface area contributed by atoms with E-state index < -0.39 is 23.0 Å². The zero-order chi connectivity index (χ0) is 33.9. The van der Waals surface area contributed by atoms with Crippen LogP contribution in [0.4, 0.5) is 11.4 Å². The maximum atomic E-state index is 13.7. The van der Waals surface area contributed by atoms with Gasteiger partial charge in [0.25, 0.3) is 11.8 Å². The summed E-state index contributed by atoms with van der Waals surface area (Å²) in [5.41, 5.74) is 2.76. The minimum absolute atomic E-state index is 0.00925. The topological polar surface area (TPSA) is 114 Å². The fourth-order valence-corrected chi connectivity index (χ4v) is 5.95. The van der Waals surface area contributed by atoms with E-state index in [0.717, 1.165) is 5.56 Å². The number of ether oxygens (including phenoxy) is 1. The second-order valence-corrected chi connectivity index (χ2v) is 12.0. The molecular weight excluding hydrogens is 646 g/mol. The molecule has 0 spiro atoms. The molecule has 0 aromatic heterocycles. The largest absolute Gasteiger partial charge is 0.465 e. The van der Waals surface area contributed by atoms with Gasteiger partial charge in [-0.1, -0.05) is 90.5 Å². The maximum Gasteiger partial charge on any atom is 0.339 e. The molecule has 3 amide bonds. The zero-order valence-electron chi connectivity index (χ0n) is 25.7. The predicted molar refractivity (Wildman–Crippen MR) is 190 cm³/mol. The van der Waals surface area contributed by atoms with Crippen molar-refractivity contribution in [2.45, 2.75) is 10.1 Å². The number of carbonyl (C=O) groups excluding carboxylic acids is 4. The summed E-state index contributed by atoms with van der Waals surface area (Å²) >= 11 is 7.44. The van der Waals surface area contributed by atoms with E-state index in [-0.39, 0.29) is 17.2 Å². The number of carbonyl (C=O) groups is 4. The normalized spacial score (nSPS) is 11.6. The quantitative estimate of drug-likeness (QED) is 0.0743. The van der Waals surface area contributed by atoms with Crippen molar-refractivity contribution in [3.63, 3.8) is 0 Å². The van der Waals surface area contributed by atoms with Gasteiger partial charge in [-0.15, -0.1) is 11.8 Å². The highest BCUT2D eigenvalue weighted by atomic mass is 35.5. The van der Waals surface area contributed by atoms with Crippen molar-refractivity contribution in [3.05, 3.63) is 166 Å². The van der Waals surface area contributed by atoms with E-state index in [1.54, 1.807) is 103 Å². The second-order valence-electron chi connectivity index (χ2n) is 10.4. The highest BCUT2D eigenvalue weighted by Gasteiger charge is 2.24. The molecule has 0 bridgehead atoms. The van der Waals surface area contributed by atoms with Crippen LogP contribution in [0.2, 0.25) is 5.02 Å². The van der Waals surface area contributed by atoms with Crippen LogP contribution in [-0.4, -0.2) is 30.8 Å². The lowest BCUT2D eigenvalue weighted by Gasteiger charge is -2.19. The summed E-state index contributed by atoms with van der Waals surface area (Å²) in [6.07, 6.45) is 1.54. The molecule has 1 unspecified atom stereocenters. The predicted octanol–water partition coefficient (Wildman–Crippen LogP) is 8.01. The first kappa shape index (κ1) is 33.7. The Hall–Kier alpha value is -5.64. The molecule has 0 aliphatic heterocycles. The summed E-state index contributed by atoms with van der Waals surface area (Å²) in [5.74, 6) is -1.93. The Kier molecular flexibility index (Phi) is 11.4. The summed E-state index contributed by atoms with van der Waals surface area (Å²) in [5, 5.41) is 8.22. The third-order valence-electron chi connectivity index (χ3n) is 6.97. The van der Waals surface area contributed by atoms with Crippen LogP contribution in [0.3, 0.4) is 0 Å². The first-order valence-electron chi connectivity index (χ1n) is 14.8. The molecule has 0 aliphatic carbocycles. The summed E-state index contributed by atoms with van der Waals surface area (Å²) < 4.78 is 4.88. The van der Waals surface area contributed by atoms with E-state index in [9.17, 15) is 19.2 Å². The fraction of sp³-hybridized carbons (Fsp3) is 0.0526. The molecule has 5 rings (SSSR count). The maximum absolute atomic E-state index is 13.7. The third kappa shape index (κ3) is 9.00. The van der Waals surface area contributed by atoms with E-state index in [0.29, 0.717) is 32.4 Å². The van der Waals surface area contributed by atoms with Gasteiger partial charge in [-0.3, -0.25) is 14.4 Å². The van der Waals surface area contributed by atoms with Crippen molar-refractivity contribution in [1.29, 1.82) is 0 Å². The van der Waals surface area contributed by atoms with Gasteiger partial charge in [0, 0.05) is 21.2 Å². The lowest BCUT2D eigenvalue weighted by molar-refractivity contribution is -0.116. The Bertz CT molecular complexity index is 1970. The minimum Gasteiger partial charge on any atom is -0.465 e. The zero-order valence-corrected chi connectivity index (χ0v) is 27.3. The number of para-hydroxylation sites is 1. The molecule has 0 radical (unpaired) electrons. The number of nitrogens with one attached hydrogen (secondary N) is 3. The summed E-state index contributed by atoms with van der Waals surface area (Å²) in [6, 6.07) is 38.4. The molecule has 1 atom stereocenters. The van der Waals surface area contributed by atoms with Crippen LogP contribution in [0.5, 0.6) is 0 Å². The Morgan fingerprint density at radius 1 is 0.750 bits per heavy atom. The SMILES string of the molecule is COC(=O)c1ccccc1NC(=O)C(Sc1cccc(NC(=O)/C(=C\c2cccc(Cl)c2)NC(=O)c2ccccc2)c1)c1ccccc1. The van der Waals surface area contributed by atoms with E-state index >= 15 is 0 Å². The third-order valence-corrected chi connectivity index (χ3v) is 8.45. The fourth-order valence-electron chi connectivity index (χ4n) is 4.67. The second kappa shape index (κ2) is 16.3. The first-order chi connectivity index (χ1) is 23.3. The summed E-state index contributed by atoms with van der Waals surface area (Å²) in [6.45, 7) is 0. The van der Waals surface area contributed by atoms with E-state index in [1.807, 2.05) is 36.4 Å². The number of esters is 1. The number of amides is 3. The Morgan fingerprint density at radius 3 is 2.17 bits per heavy atom. The number of thioether (sulfide) groups is 1. The molecule has 5 aromatic rings. The minimum atomic E-state index is -0.716. The molecule has 0 saturated carbocycles. The molecule has 0 aliphatic rings. The van der Waals surface area contributed by atoms with Gasteiger partial charge in [-0.05, 0) is 71.8 Å². The van der Waals surface area contributed by atoms with E-state index in [1.165, 1.54) is 18.9 Å². The molecule has 0 heterocycles. The van der Waals surface area contributed by atoms with Crippen molar-refractivity contribution in [1.82, 2.24) is 5.32 Å². The van der Waals surface area contributed by atoms with Gasteiger partial charge in [0.05, 0.1) is 18.4 Å². The summed E-state index contributed by atoms with van der Waals surface area (Å²) in [4.78, 5) is 53.4. The van der Waals surface area contributed by atoms with Crippen molar-refractivity contribution >= 4 is 64.5 Å². The van der Waals surface area contributed by atoms with Gasteiger partial charge in [0.1, 0.15) is 10.9 Å². The Balaban J connectivity index is 1.39. The van der Waals surface area contributed by atoms with Gasteiger partial charge in [0.2, 0.25) is 5.91 Å². The van der Waals surface area contributed by atoms with Crippen molar-refractivity contribution in [3.8, 4) is 0 Å². The number of anilines is 2. The highest BCUT2D eigenvalue weighted by molar-refractivity contribution is 8.00. The first-order valence-corrected chi connectivity index (χ1v) is 16.0. The van der Waals surface area contributed by atoms with Crippen LogP contribution in [0, 0.1) is 0 Å². The van der Waals surface area contributed by atoms with Crippen LogP contribution in [0.25, 0.3) is 6.08 Å². The summed E-state index contributed by atoms with van der Waals surface area (Å²) in [7, 11) is 1.28. The number of methoxy groups -OCH3 is 1.